The van der Waals surface area contributed by atoms with E-state index >= 15 is 0 Å². The number of carbonyl (C=O) groups is 1. The molecule has 0 atom stereocenters. The summed E-state index contributed by atoms with van der Waals surface area (Å²) >= 11 is 6.04. The maximum absolute atomic E-state index is 10.6. The fourth-order valence-corrected chi connectivity index (χ4v) is 1.90. The molecule has 0 aliphatic rings. The minimum Gasteiger partial charge on any atom is -0.370 e. The van der Waals surface area contributed by atoms with Gasteiger partial charge in [-0.3, -0.25) is 4.79 Å². The number of unbranched alkanes of at least 4 members (excludes halogenated alkanes) is 1. The molecule has 19 heavy (non-hydrogen) atoms. The molecule has 0 radical (unpaired) electrons. The van der Waals surface area contributed by atoms with Crippen molar-refractivity contribution in [3.8, 4) is 0 Å². The Morgan fingerprint density at radius 1 is 1.53 bits per heavy atom. The van der Waals surface area contributed by atoms with Crippen LogP contribution in [0.15, 0.2) is 6.33 Å². The van der Waals surface area contributed by atoms with Gasteiger partial charge in [0.2, 0.25) is 5.91 Å². The Kier molecular flexibility index (Phi) is 4.16. The summed E-state index contributed by atoms with van der Waals surface area (Å²) in [6.45, 7) is 2.56. The van der Waals surface area contributed by atoms with E-state index < -0.39 is 0 Å². The average Bonchev–Trinajstić information content (AvgIpc) is 2.80. The lowest BCUT2D eigenvalue weighted by atomic mass is 10.2. The van der Waals surface area contributed by atoms with Crippen molar-refractivity contribution in [2.45, 2.75) is 26.2 Å². The van der Waals surface area contributed by atoms with Crippen molar-refractivity contribution >= 4 is 29.1 Å². The molecule has 2 aromatic heterocycles. The van der Waals surface area contributed by atoms with E-state index in [9.17, 15) is 4.79 Å². The Bertz CT molecular complexity index is 596. The quantitative estimate of drug-likeness (QED) is 0.612. The van der Waals surface area contributed by atoms with Gasteiger partial charge in [-0.2, -0.15) is 19.6 Å². The number of aromatic nitrogens is 4. The summed E-state index contributed by atoms with van der Waals surface area (Å²) in [6.07, 6.45) is 3.41. The first-order valence-electron chi connectivity index (χ1n) is 5.97. The van der Waals surface area contributed by atoms with Crippen molar-refractivity contribution in [3.63, 3.8) is 0 Å². The lowest BCUT2D eigenvalue weighted by molar-refractivity contribution is -0.118. The largest absolute Gasteiger partial charge is 0.370 e. The van der Waals surface area contributed by atoms with Gasteiger partial charge in [-0.05, 0) is 19.8 Å². The molecule has 1 amide bonds. The topological polar surface area (TPSA) is 98.2 Å². The molecule has 0 saturated carbocycles. The Labute approximate surface area is 115 Å². The SMILES string of the molecule is Cc1c(Cl)nc2ncnn2c1NCCCCC(N)=O. The molecule has 0 aromatic carbocycles. The first-order valence-corrected chi connectivity index (χ1v) is 6.35. The number of nitrogens with two attached hydrogens (primary N) is 1. The molecule has 102 valence electrons. The Morgan fingerprint density at radius 3 is 3.05 bits per heavy atom. The molecule has 0 aliphatic carbocycles. The van der Waals surface area contributed by atoms with Crippen LogP contribution in [0.3, 0.4) is 0 Å². The molecule has 2 heterocycles. The number of rotatable bonds is 6. The summed E-state index contributed by atoms with van der Waals surface area (Å²) in [4.78, 5) is 18.7. The first-order chi connectivity index (χ1) is 9.09. The van der Waals surface area contributed by atoms with Crippen LogP contribution in [0.4, 0.5) is 5.82 Å². The van der Waals surface area contributed by atoms with Gasteiger partial charge in [-0.1, -0.05) is 11.6 Å². The maximum atomic E-state index is 10.6. The zero-order valence-corrected chi connectivity index (χ0v) is 11.3. The zero-order chi connectivity index (χ0) is 13.8. The molecule has 0 aliphatic heterocycles. The summed E-state index contributed by atoms with van der Waals surface area (Å²) in [5, 5.41) is 7.74. The van der Waals surface area contributed by atoms with Crippen LogP contribution < -0.4 is 11.1 Å². The normalized spacial score (nSPS) is 10.8. The monoisotopic (exact) mass is 282 g/mol. The second kappa shape index (κ2) is 5.83. The molecule has 2 aromatic rings. The number of amides is 1. The number of nitrogens with zero attached hydrogens (tertiary/aromatic N) is 4. The van der Waals surface area contributed by atoms with Gasteiger partial charge in [0.1, 0.15) is 17.3 Å². The number of fused-ring (bicyclic) bond motifs is 1. The number of carbonyl (C=O) groups excluding carboxylic acids is 1. The van der Waals surface area contributed by atoms with Gasteiger partial charge in [0.05, 0.1) is 0 Å². The van der Waals surface area contributed by atoms with Crippen molar-refractivity contribution in [1.82, 2.24) is 19.6 Å². The average molecular weight is 283 g/mol. The summed E-state index contributed by atoms with van der Waals surface area (Å²) in [6, 6.07) is 0. The molecule has 7 nitrogen and oxygen atoms in total. The third kappa shape index (κ3) is 3.11. The van der Waals surface area contributed by atoms with Crippen molar-refractivity contribution in [2.75, 3.05) is 11.9 Å². The fourth-order valence-electron chi connectivity index (χ4n) is 1.74. The number of hydrogen-bond donors (Lipinski definition) is 2. The predicted octanol–water partition coefficient (Wildman–Crippen LogP) is 1.15. The summed E-state index contributed by atoms with van der Waals surface area (Å²) < 4.78 is 1.61. The molecule has 2 rings (SSSR count). The second-order valence-electron chi connectivity index (χ2n) is 4.20. The third-order valence-corrected chi connectivity index (χ3v) is 3.11. The summed E-state index contributed by atoms with van der Waals surface area (Å²) in [5.41, 5.74) is 5.90. The van der Waals surface area contributed by atoms with Gasteiger partial charge >= 0.3 is 0 Å². The van der Waals surface area contributed by atoms with Gasteiger partial charge in [0.25, 0.3) is 5.78 Å². The van der Waals surface area contributed by atoms with E-state index in [0.29, 0.717) is 23.9 Å². The highest BCUT2D eigenvalue weighted by Gasteiger charge is 2.11. The van der Waals surface area contributed by atoms with E-state index in [1.807, 2.05) is 6.92 Å². The highest BCUT2D eigenvalue weighted by atomic mass is 35.5. The fraction of sp³-hybridized carbons (Fsp3) is 0.455. The first kappa shape index (κ1) is 13.5. The van der Waals surface area contributed by atoms with Crippen LogP contribution in [0.5, 0.6) is 0 Å². The molecular weight excluding hydrogens is 268 g/mol. The van der Waals surface area contributed by atoms with Crippen LogP contribution in [0.1, 0.15) is 24.8 Å². The highest BCUT2D eigenvalue weighted by molar-refractivity contribution is 6.30. The molecular formula is C11H15ClN6O. The highest BCUT2D eigenvalue weighted by Crippen LogP contribution is 2.21. The van der Waals surface area contributed by atoms with Crippen molar-refractivity contribution < 1.29 is 4.79 Å². The van der Waals surface area contributed by atoms with Gasteiger partial charge < -0.3 is 11.1 Å². The van der Waals surface area contributed by atoms with Crippen molar-refractivity contribution in [3.05, 3.63) is 17.0 Å². The minimum absolute atomic E-state index is 0.276. The number of nitrogens with one attached hydrogen (secondary N) is 1. The Hall–Kier alpha value is -1.89. The van der Waals surface area contributed by atoms with E-state index in [0.717, 1.165) is 24.2 Å². The Balaban J connectivity index is 2.05. The number of primary amides is 1. The van der Waals surface area contributed by atoms with Crippen LogP contribution in [-0.4, -0.2) is 32.0 Å². The molecule has 0 fully saturated rings. The lowest BCUT2D eigenvalue weighted by Crippen LogP contribution is -2.12. The number of halogens is 1. The van der Waals surface area contributed by atoms with Gasteiger partial charge in [0.15, 0.2) is 0 Å². The van der Waals surface area contributed by atoms with Crippen LogP contribution >= 0.6 is 11.6 Å². The van der Waals surface area contributed by atoms with Crippen LogP contribution in [-0.2, 0) is 4.79 Å². The van der Waals surface area contributed by atoms with Crippen LogP contribution in [0.2, 0.25) is 5.15 Å². The molecule has 0 spiro atoms. The molecule has 8 heteroatoms. The maximum Gasteiger partial charge on any atom is 0.255 e. The van der Waals surface area contributed by atoms with Crippen molar-refractivity contribution in [2.24, 2.45) is 5.73 Å². The predicted molar refractivity (Wildman–Crippen MR) is 72.1 cm³/mol. The van der Waals surface area contributed by atoms with E-state index in [1.54, 1.807) is 4.52 Å². The standard InChI is InChI=1S/C11H15ClN6O/c1-7-9(12)17-11-15-6-16-18(11)10(7)14-5-3-2-4-8(13)19/h6,14H,2-5H2,1H3,(H2,13,19). The summed E-state index contributed by atoms with van der Waals surface area (Å²) in [7, 11) is 0. The van der Waals surface area contributed by atoms with Gasteiger partial charge in [-0.25, -0.2) is 0 Å². The van der Waals surface area contributed by atoms with Crippen LogP contribution in [0, 0.1) is 6.92 Å². The van der Waals surface area contributed by atoms with E-state index in [4.69, 9.17) is 17.3 Å². The zero-order valence-electron chi connectivity index (χ0n) is 10.6. The van der Waals surface area contributed by atoms with Gasteiger partial charge in [-0.15, -0.1) is 0 Å². The Morgan fingerprint density at radius 2 is 2.32 bits per heavy atom. The van der Waals surface area contributed by atoms with E-state index in [1.165, 1.54) is 6.33 Å². The van der Waals surface area contributed by atoms with Crippen molar-refractivity contribution in [1.29, 1.82) is 0 Å². The van der Waals surface area contributed by atoms with E-state index in [-0.39, 0.29) is 5.91 Å². The number of anilines is 1. The number of hydrogen-bond acceptors (Lipinski definition) is 5. The lowest BCUT2D eigenvalue weighted by Gasteiger charge is -2.11. The smallest absolute Gasteiger partial charge is 0.255 e. The summed E-state index contributed by atoms with van der Waals surface area (Å²) in [5.74, 6) is 0.948. The molecule has 0 unspecified atom stereocenters. The van der Waals surface area contributed by atoms with Gasteiger partial charge in [0, 0.05) is 18.5 Å². The van der Waals surface area contributed by atoms with E-state index in [2.05, 4.69) is 20.4 Å². The molecule has 0 saturated heterocycles. The third-order valence-electron chi connectivity index (χ3n) is 2.75. The minimum atomic E-state index is -0.276. The van der Waals surface area contributed by atoms with Crippen LogP contribution in [0.25, 0.3) is 5.78 Å². The molecule has 3 N–H and O–H groups in total. The second-order valence-corrected chi connectivity index (χ2v) is 4.56. The molecule has 0 bridgehead atoms.